The Balaban J connectivity index is 1.71. The Morgan fingerprint density at radius 3 is 2.42 bits per heavy atom. The van der Waals surface area contributed by atoms with Crippen LogP contribution in [-0.2, 0) is 20.7 Å². The Hall–Kier alpha value is -4.46. The summed E-state index contributed by atoms with van der Waals surface area (Å²) in [5.74, 6) is -0.900. The minimum absolute atomic E-state index is 0.00284. The molecule has 1 fully saturated rings. The van der Waals surface area contributed by atoms with Crippen LogP contribution in [0.4, 0.5) is 0 Å². The second-order valence-electron chi connectivity index (χ2n) is 11.4. The van der Waals surface area contributed by atoms with Crippen LogP contribution >= 0.6 is 0 Å². The number of rotatable bonds is 11. The van der Waals surface area contributed by atoms with Gasteiger partial charge in [-0.3, -0.25) is 9.59 Å². The first-order valence-corrected chi connectivity index (χ1v) is 14.8. The lowest BCUT2D eigenvalue weighted by molar-refractivity contribution is -0.140. The number of methoxy groups -OCH3 is 1. The molecule has 8 nitrogen and oxygen atoms in total. The molecular formula is C35H44N4O4. The van der Waals surface area contributed by atoms with Gasteiger partial charge in [-0.1, -0.05) is 44.9 Å². The maximum Gasteiger partial charge on any atom is 0.305 e. The second-order valence-corrected chi connectivity index (χ2v) is 11.4. The molecule has 0 radical (unpaired) electrons. The van der Waals surface area contributed by atoms with Crippen LogP contribution in [0.1, 0.15) is 69.0 Å². The van der Waals surface area contributed by atoms with Crippen molar-refractivity contribution in [1.29, 1.82) is 0 Å². The highest BCUT2D eigenvalue weighted by Gasteiger charge is 2.29. The smallest absolute Gasteiger partial charge is 0.305 e. The highest BCUT2D eigenvalue weighted by atomic mass is 16.5. The average Bonchev–Trinajstić information content (AvgIpc) is 3.65. The molecule has 3 aliphatic rings. The summed E-state index contributed by atoms with van der Waals surface area (Å²) >= 11 is 0. The number of carbonyl (C=O) groups excluding carboxylic acids is 1. The van der Waals surface area contributed by atoms with Crippen LogP contribution in [-0.4, -0.2) is 41.2 Å². The van der Waals surface area contributed by atoms with Crippen molar-refractivity contribution in [1.82, 2.24) is 20.9 Å². The molecule has 1 saturated heterocycles. The minimum Gasteiger partial charge on any atom is -0.481 e. The van der Waals surface area contributed by atoms with Crippen molar-refractivity contribution in [3.05, 3.63) is 106 Å². The molecule has 3 atom stereocenters. The Kier molecular flexibility index (Phi) is 9.69. The second kappa shape index (κ2) is 13.2. The molecule has 228 valence electrons. The van der Waals surface area contributed by atoms with Crippen LogP contribution < -0.4 is 16.0 Å². The number of ether oxygens (including phenoxy) is 1. The fraction of sp³-hybridized carbons (Fsp3) is 0.371. The van der Waals surface area contributed by atoms with E-state index < -0.39 is 5.97 Å². The van der Waals surface area contributed by atoms with Crippen LogP contribution in [0.3, 0.4) is 0 Å². The van der Waals surface area contributed by atoms with E-state index in [9.17, 15) is 14.7 Å². The van der Waals surface area contributed by atoms with Crippen molar-refractivity contribution >= 4 is 24.1 Å². The predicted molar refractivity (Wildman–Crippen MR) is 172 cm³/mol. The van der Waals surface area contributed by atoms with Gasteiger partial charge in [-0.2, -0.15) is 0 Å². The maximum atomic E-state index is 12.1. The number of carboxylic acid groups (broad SMARTS) is 1. The lowest BCUT2D eigenvalue weighted by Gasteiger charge is -2.19. The van der Waals surface area contributed by atoms with Gasteiger partial charge in [-0.15, -0.1) is 0 Å². The van der Waals surface area contributed by atoms with Crippen molar-refractivity contribution < 1.29 is 19.4 Å². The topological polar surface area (TPSA) is 115 Å². The third-order valence-electron chi connectivity index (χ3n) is 8.75. The van der Waals surface area contributed by atoms with Gasteiger partial charge in [0.1, 0.15) is 0 Å². The van der Waals surface area contributed by atoms with E-state index in [1.807, 2.05) is 19.1 Å². The molecule has 1 aromatic heterocycles. The van der Waals surface area contributed by atoms with Gasteiger partial charge < -0.3 is 30.8 Å². The van der Waals surface area contributed by atoms with E-state index in [1.54, 1.807) is 0 Å². The molecular weight excluding hydrogens is 540 g/mol. The first kappa shape index (κ1) is 31.5. The number of H-pyrrole nitrogens is 1. The molecule has 8 heteroatoms. The molecule has 1 aromatic rings. The molecule has 3 unspecified atom stereocenters. The molecule has 0 aromatic carbocycles. The summed E-state index contributed by atoms with van der Waals surface area (Å²) in [6.45, 7) is 20.5. The third kappa shape index (κ3) is 6.79. The largest absolute Gasteiger partial charge is 0.481 e. The number of allylic oxidation sites excluding steroid dienone is 5. The van der Waals surface area contributed by atoms with Crippen LogP contribution in [0, 0.1) is 12.8 Å². The monoisotopic (exact) mass is 584 g/mol. The van der Waals surface area contributed by atoms with Crippen LogP contribution in [0.25, 0.3) is 12.2 Å². The Bertz CT molecular complexity index is 1510. The molecule has 43 heavy (non-hydrogen) atoms. The average molecular weight is 585 g/mol. The van der Waals surface area contributed by atoms with Gasteiger partial charge >= 0.3 is 11.9 Å². The van der Waals surface area contributed by atoms with E-state index in [0.29, 0.717) is 12.8 Å². The Morgan fingerprint density at radius 1 is 1.07 bits per heavy atom. The standard InChI is InChI=1S/C35H44N4O4/c1-9-26-20(4)29(37-23(26)7)16-25-15-24(11-13-34(40)41)31(38-25)18-33-28(12-14-35(42)43-8)21(5)30(39-33)17-32-27(10-2)19(3)22(6)36-32/h9-10,15,17-19,25,29,36-39H,1,6-7,11-14,16H2,2-5,8H3,(H,40,41). The van der Waals surface area contributed by atoms with E-state index >= 15 is 0 Å². The number of esters is 1. The van der Waals surface area contributed by atoms with E-state index in [1.165, 1.54) is 18.3 Å². The lowest BCUT2D eigenvalue weighted by atomic mass is 9.99. The van der Waals surface area contributed by atoms with Gasteiger partial charge in [0.25, 0.3) is 0 Å². The summed E-state index contributed by atoms with van der Waals surface area (Å²) in [5, 5.41) is 20.0. The fourth-order valence-corrected chi connectivity index (χ4v) is 6.17. The van der Waals surface area contributed by atoms with Gasteiger partial charge in [0.05, 0.1) is 13.2 Å². The summed E-state index contributed by atoms with van der Waals surface area (Å²) in [5.41, 5.74) is 12.0. The Labute approximate surface area is 254 Å². The number of carboxylic acids is 1. The zero-order valence-corrected chi connectivity index (χ0v) is 25.9. The number of carbonyl (C=O) groups is 2. The maximum absolute atomic E-state index is 12.1. The molecule has 5 N–H and O–H groups in total. The van der Waals surface area contributed by atoms with Gasteiger partial charge in [0, 0.05) is 59.0 Å². The zero-order valence-electron chi connectivity index (χ0n) is 25.9. The number of nitrogens with one attached hydrogen (secondary N) is 4. The lowest BCUT2D eigenvalue weighted by Crippen LogP contribution is -2.32. The summed E-state index contributed by atoms with van der Waals surface area (Å²) < 4.78 is 4.93. The first-order chi connectivity index (χ1) is 20.5. The number of aliphatic carboxylic acids is 1. The van der Waals surface area contributed by atoms with Crippen molar-refractivity contribution in [2.75, 3.05) is 7.11 Å². The fourth-order valence-electron chi connectivity index (χ4n) is 6.17. The number of hydrogen-bond acceptors (Lipinski definition) is 6. The normalized spacial score (nSPS) is 24.4. The predicted octanol–water partition coefficient (Wildman–Crippen LogP) is 5.95. The number of hydrogen-bond donors (Lipinski definition) is 5. The molecule has 0 saturated carbocycles. The molecule has 0 spiro atoms. The van der Waals surface area contributed by atoms with Gasteiger partial charge in [0.15, 0.2) is 0 Å². The molecule has 0 aliphatic carbocycles. The highest BCUT2D eigenvalue weighted by Crippen LogP contribution is 2.35. The molecule has 0 amide bonds. The van der Waals surface area contributed by atoms with Crippen molar-refractivity contribution in [3.8, 4) is 0 Å². The van der Waals surface area contributed by atoms with E-state index in [4.69, 9.17) is 4.74 Å². The third-order valence-corrected chi connectivity index (χ3v) is 8.75. The first-order valence-electron chi connectivity index (χ1n) is 14.8. The van der Waals surface area contributed by atoms with Gasteiger partial charge in [-0.25, -0.2) is 0 Å². The quantitative estimate of drug-likeness (QED) is 0.204. The molecule has 0 bridgehead atoms. The van der Waals surface area contributed by atoms with E-state index in [0.717, 1.165) is 62.9 Å². The highest BCUT2D eigenvalue weighted by molar-refractivity contribution is 5.73. The summed E-state index contributed by atoms with van der Waals surface area (Å²) in [6.07, 6.45) is 12.2. The summed E-state index contributed by atoms with van der Waals surface area (Å²) in [6, 6.07) is 0.107. The SMILES string of the molecule is C=CC1=C(C)C(CC2C=C(CCC(=O)O)C(=Cc3[nH]c(C=C4NC(=C)C(C)C4=CC)c(C)c3CCC(=O)OC)N2)NC1=C. The van der Waals surface area contributed by atoms with E-state index in [-0.39, 0.29) is 36.8 Å². The van der Waals surface area contributed by atoms with Gasteiger partial charge in [0.2, 0.25) is 0 Å². The van der Waals surface area contributed by atoms with Crippen molar-refractivity contribution in [2.45, 2.75) is 71.9 Å². The van der Waals surface area contributed by atoms with Crippen LogP contribution in [0.2, 0.25) is 0 Å². The number of aromatic amines is 1. The summed E-state index contributed by atoms with van der Waals surface area (Å²) in [7, 11) is 1.40. The van der Waals surface area contributed by atoms with E-state index in [2.05, 4.69) is 79.7 Å². The molecule has 4 heterocycles. The van der Waals surface area contributed by atoms with Crippen LogP contribution in [0.5, 0.6) is 0 Å². The zero-order chi connectivity index (χ0) is 31.4. The van der Waals surface area contributed by atoms with Crippen LogP contribution in [0.15, 0.2) is 83.0 Å². The Morgan fingerprint density at radius 2 is 1.79 bits per heavy atom. The molecule has 3 aliphatic heterocycles. The summed E-state index contributed by atoms with van der Waals surface area (Å²) in [4.78, 5) is 27.2. The molecule has 4 rings (SSSR count). The van der Waals surface area contributed by atoms with Crippen molar-refractivity contribution in [3.63, 3.8) is 0 Å². The number of aromatic nitrogens is 1. The van der Waals surface area contributed by atoms with Gasteiger partial charge in [-0.05, 0) is 85.6 Å². The minimum atomic E-state index is -0.838. The van der Waals surface area contributed by atoms with Crippen molar-refractivity contribution in [2.24, 2.45) is 5.92 Å².